The smallest absolute Gasteiger partial charge is 0.241 e. The molecule has 0 amide bonds. The molecule has 0 aliphatic rings. The van der Waals surface area contributed by atoms with Crippen LogP contribution in [0.1, 0.15) is 59.7 Å². The second kappa shape index (κ2) is 15.9. The second-order valence-corrected chi connectivity index (χ2v) is 11.0. The van der Waals surface area contributed by atoms with Crippen molar-refractivity contribution >= 4 is 10.0 Å². The zero-order chi connectivity index (χ0) is 26.1. The summed E-state index contributed by atoms with van der Waals surface area (Å²) in [5.41, 5.74) is 11.9. The van der Waals surface area contributed by atoms with E-state index in [1.54, 1.807) is 24.3 Å². The summed E-state index contributed by atoms with van der Waals surface area (Å²) in [5.74, 6) is 0.653. The molecule has 0 bridgehead atoms. The molecule has 0 aromatic heterocycles. The number of benzene rings is 4. The van der Waals surface area contributed by atoms with Crippen molar-refractivity contribution in [2.75, 3.05) is 0 Å². The molecular weight excluding hydrogens is 601 g/mol. The summed E-state index contributed by atoms with van der Waals surface area (Å²) in [5, 5.41) is 0. The predicted molar refractivity (Wildman–Crippen MR) is 149 cm³/mol. The van der Waals surface area contributed by atoms with Gasteiger partial charge in [-0.2, -0.15) is 0 Å². The number of halogens is 1. The Morgan fingerprint density at radius 3 is 1.50 bits per heavy atom. The molecule has 0 aliphatic carbocycles. The maximum absolute atomic E-state index is 12.9. The monoisotopic (exact) mass is 637 g/mol. The summed E-state index contributed by atoms with van der Waals surface area (Å²) in [6.45, 7) is 8.46. The average Bonchev–Trinajstić information content (AvgIpc) is 2.89. The first kappa shape index (κ1) is 33.7. The fraction of sp³-hybridized carbons (Fsp3) is 0.226. The minimum atomic E-state index is -3.71. The van der Waals surface area contributed by atoms with Crippen LogP contribution in [0.5, 0.6) is 0 Å². The van der Waals surface area contributed by atoms with Gasteiger partial charge in [0, 0.05) is 19.5 Å². The molecule has 4 rings (SSSR count). The van der Waals surface area contributed by atoms with Gasteiger partial charge in [-0.3, -0.25) is 0 Å². The summed E-state index contributed by atoms with van der Waals surface area (Å²) >= 11 is 0. The second-order valence-electron chi connectivity index (χ2n) is 9.32. The summed E-state index contributed by atoms with van der Waals surface area (Å²) in [6.07, 6.45) is 0. The van der Waals surface area contributed by atoms with Crippen molar-refractivity contribution in [3.8, 4) is 0 Å². The molecular formula is C31H36ClN2O2RuS-. The Labute approximate surface area is 247 Å². The van der Waals surface area contributed by atoms with E-state index < -0.39 is 22.1 Å². The van der Waals surface area contributed by atoms with Gasteiger partial charge < -0.3 is 18.1 Å². The predicted octanol–water partition coefficient (Wildman–Crippen LogP) is 3.83. The number of rotatable bonds is 7. The van der Waals surface area contributed by atoms with E-state index in [0.29, 0.717) is 5.92 Å². The van der Waals surface area contributed by atoms with E-state index in [1.807, 2.05) is 67.6 Å². The van der Waals surface area contributed by atoms with E-state index >= 15 is 0 Å². The van der Waals surface area contributed by atoms with Crippen LogP contribution in [-0.2, 0) is 29.5 Å². The largest absolute Gasteiger partial charge is 1.00 e. The van der Waals surface area contributed by atoms with Crippen molar-refractivity contribution in [3.05, 3.63) is 137 Å². The molecule has 0 aliphatic heterocycles. The third-order valence-electron chi connectivity index (χ3n) is 6.06. The molecule has 38 heavy (non-hydrogen) atoms. The van der Waals surface area contributed by atoms with Crippen LogP contribution in [0.4, 0.5) is 0 Å². The topological polar surface area (TPSA) is 72.2 Å². The molecule has 2 atom stereocenters. The first-order valence-electron chi connectivity index (χ1n) is 12.2. The van der Waals surface area contributed by atoms with Gasteiger partial charge in [-0.05, 0) is 48.6 Å². The molecule has 0 saturated heterocycles. The first-order valence-corrected chi connectivity index (χ1v) is 13.7. The van der Waals surface area contributed by atoms with Crippen molar-refractivity contribution in [1.82, 2.24) is 4.72 Å². The molecule has 4 aromatic rings. The van der Waals surface area contributed by atoms with Crippen LogP contribution < -0.4 is 22.9 Å². The van der Waals surface area contributed by atoms with Crippen LogP contribution in [0.3, 0.4) is 0 Å². The van der Waals surface area contributed by atoms with Gasteiger partial charge in [0.15, 0.2) is 0 Å². The molecule has 204 valence electrons. The summed E-state index contributed by atoms with van der Waals surface area (Å²) < 4.78 is 28.6. The number of hydrogen-bond donors (Lipinski definition) is 2. The van der Waals surface area contributed by atoms with E-state index in [-0.39, 0.29) is 36.8 Å². The first-order chi connectivity index (χ1) is 17.2. The number of nitrogens with two attached hydrogens (primary N) is 1. The molecule has 0 heterocycles. The SMILES string of the molecule is Cc1ccc(C(C)C)cc1.Cc1ccc(S(=O)(=O)N[C@@H](c2ccccc2)[C@@H](N)c2ccccc2)cc1.[Cl-].[Ru]. The minimum Gasteiger partial charge on any atom is -1.00 e. The molecule has 0 saturated carbocycles. The third kappa shape index (κ3) is 9.76. The molecule has 0 unspecified atom stereocenters. The van der Waals surface area contributed by atoms with Crippen LogP contribution >= 0.6 is 0 Å². The molecule has 7 heteroatoms. The van der Waals surface area contributed by atoms with Crippen molar-refractivity contribution in [1.29, 1.82) is 0 Å². The minimum absolute atomic E-state index is 0. The van der Waals surface area contributed by atoms with E-state index in [4.69, 9.17) is 5.73 Å². The Kier molecular flexibility index (Phi) is 14.1. The maximum atomic E-state index is 12.9. The fourth-order valence-electron chi connectivity index (χ4n) is 3.78. The summed E-state index contributed by atoms with van der Waals surface area (Å²) in [6, 6.07) is 33.3. The van der Waals surface area contributed by atoms with Crippen LogP contribution in [0.15, 0.2) is 114 Å². The van der Waals surface area contributed by atoms with E-state index in [1.165, 1.54) is 11.1 Å². The van der Waals surface area contributed by atoms with Crippen LogP contribution in [0.25, 0.3) is 0 Å². The Morgan fingerprint density at radius 2 is 1.05 bits per heavy atom. The molecule has 3 N–H and O–H groups in total. The normalized spacial score (nSPS) is 12.3. The Balaban J connectivity index is 0.000000511. The third-order valence-corrected chi connectivity index (χ3v) is 7.52. The number of nitrogens with one attached hydrogen (secondary N) is 1. The summed E-state index contributed by atoms with van der Waals surface area (Å²) in [7, 11) is -3.71. The molecule has 4 nitrogen and oxygen atoms in total. The molecule has 0 radical (unpaired) electrons. The van der Waals surface area contributed by atoms with Gasteiger partial charge in [0.05, 0.1) is 17.0 Å². The summed E-state index contributed by atoms with van der Waals surface area (Å²) in [4.78, 5) is 0.226. The van der Waals surface area contributed by atoms with E-state index in [2.05, 4.69) is 49.8 Å². The quantitative estimate of drug-likeness (QED) is 0.303. The maximum Gasteiger partial charge on any atom is 0.241 e. The number of aryl methyl sites for hydroxylation is 2. The van der Waals surface area contributed by atoms with Gasteiger partial charge >= 0.3 is 0 Å². The number of hydrogen-bond acceptors (Lipinski definition) is 3. The van der Waals surface area contributed by atoms with Gasteiger partial charge in [-0.25, -0.2) is 13.1 Å². The van der Waals surface area contributed by atoms with Gasteiger partial charge in [0.25, 0.3) is 0 Å². The Bertz CT molecular complexity index is 1320. The Hall–Kier alpha value is -2.34. The van der Waals surface area contributed by atoms with Crippen molar-refractivity contribution in [2.45, 2.75) is 50.6 Å². The van der Waals surface area contributed by atoms with E-state index in [9.17, 15) is 8.42 Å². The Morgan fingerprint density at radius 1 is 0.632 bits per heavy atom. The van der Waals surface area contributed by atoms with Crippen molar-refractivity contribution in [3.63, 3.8) is 0 Å². The standard InChI is InChI=1S/C21H22N2O2S.C10H14.ClH.Ru/c1-16-12-14-19(15-13-16)26(24,25)23-21(18-10-6-3-7-11-18)20(22)17-8-4-2-5-9-17;1-8(2)10-6-4-9(3)5-7-10;;/h2-15,20-21,23H,22H2,1H3;4-8H,1-3H3;1H;/p-1/t20-,21-;;;/m0.../s1. The fourth-order valence-corrected chi connectivity index (χ4v) is 5.03. The molecule has 4 aromatic carbocycles. The number of sulfonamides is 1. The zero-order valence-corrected chi connectivity index (χ0v) is 25.5. The average molecular weight is 637 g/mol. The van der Waals surface area contributed by atoms with Crippen LogP contribution in [0, 0.1) is 13.8 Å². The van der Waals surface area contributed by atoms with Crippen molar-refractivity contribution < 1.29 is 40.3 Å². The van der Waals surface area contributed by atoms with Crippen molar-refractivity contribution in [2.24, 2.45) is 5.73 Å². The zero-order valence-electron chi connectivity index (χ0n) is 22.2. The molecule has 0 spiro atoms. The van der Waals surface area contributed by atoms with Gasteiger partial charge in [0.1, 0.15) is 0 Å². The van der Waals surface area contributed by atoms with Crippen LogP contribution in [-0.4, -0.2) is 8.42 Å². The van der Waals surface area contributed by atoms with Gasteiger partial charge in [-0.1, -0.05) is 122 Å². The van der Waals surface area contributed by atoms with Gasteiger partial charge in [0.2, 0.25) is 10.0 Å². The van der Waals surface area contributed by atoms with E-state index in [0.717, 1.165) is 16.7 Å². The molecule has 0 fully saturated rings. The van der Waals surface area contributed by atoms with Gasteiger partial charge in [-0.15, -0.1) is 0 Å². The van der Waals surface area contributed by atoms with Crippen LogP contribution in [0.2, 0.25) is 0 Å².